The van der Waals surface area contributed by atoms with Crippen LogP contribution >= 0.6 is 11.6 Å². The molecule has 0 saturated heterocycles. The molecule has 1 atom stereocenters. The van der Waals surface area contributed by atoms with E-state index in [-0.39, 0.29) is 0 Å². The van der Waals surface area contributed by atoms with Gasteiger partial charge in [0.05, 0.1) is 0 Å². The van der Waals surface area contributed by atoms with Crippen LogP contribution in [0, 0.1) is 5.92 Å². The summed E-state index contributed by atoms with van der Waals surface area (Å²) in [5.41, 5.74) is 2.52. The van der Waals surface area contributed by atoms with Gasteiger partial charge in [0, 0.05) is 12.4 Å². The van der Waals surface area contributed by atoms with Crippen LogP contribution in [0.4, 0.5) is 0 Å². The molecule has 1 N–H and O–H groups in total. The van der Waals surface area contributed by atoms with Crippen molar-refractivity contribution in [2.45, 2.75) is 39.1 Å². The minimum absolute atomic E-state index is 0.598. The normalized spacial score (nSPS) is 12.7. The van der Waals surface area contributed by atoms with Crippen LogP contribution in [-0.2, 0) is 12.4 Å². The zero-order valence-electron chi connectivity index (χ0n) is 10.3. The molecule has 90 valence electrons. The summed E-state index contributed by atoms with van der Waals surface area (Å²) in [5, 5.41) is 3.49. The fraction of sp³-hybridized carbons (Fsp3) is 0.571. The number of hydrogen-bond acceptors (Lipinski definition) is 1. The molecule has 0 bridgehead atoms. The molecule has 1 rings (SSSR count). The Kier molecular flexibility index (Phi) is 6.51. The molecule has 0 aliphatic carbocycles. The Hall–Kier alpha value is -0.530. The topological polar surface area (TPSA) is 12.0 Å². The number of hydrogen-bond donors (Lipinski definition) is 1. The van der Waals surface area contributed by atoms with Crippen molar-refractivity contribution < 1.29 is 0 Å². The largest absolute Gasteiger partial charge is 0.312 e. The van der Waals surface area contributed by atoms with Gasteiger partial charge in [0.25, 0.3) is 0 Å². The van der Waals surface area contributed by atoms with E-state index in [0.717, 1.165) is 19.0 Å². The monoisotopic (exact) mass is 239 g/mol. The molecule has 1 nitrogen and oxygen atoms in total. The van der Waals surface area contributed by atoms with Gasteiger partial charge in [0.15, 0.2) is 0 Å². The fourth-order valence-electron chi connectivity index (χ4n) is 1.80. The van der Waals surface area contributed by atoms with E-state index in [0.29, 0.717) is 5.88 Å². The van der Waals surface area contributed by atoms with E-state index in [1.807, 2.05) is 0 Å². The summed E-state index contributed by atoms with van der Waals surface area (Å²) in [5.74, 6) is 1.37. The lowest BCUT2D eigenvalue weighted by Crippen LogP contribution is -2.20. The number of benzene rings is 1. The smallest absolute Gasteiger partial charge is 0.0474 e. The lowest BCUT2D eigenvalue weighted by molar-refractivity contribution is 0.476. The van der Waals surface area contributed by atoms with Crippen molar-refractivity contribution in [1.29, 1.82) is 0 Å². The highest BCUT2D eigenvalue weighted by molar-refractivity contribution is 6.17. The van der Waals surface area contributed by atoms with Crippen molar-refractivity contribution >= 4 is 11.6 Å². The van der Waals surface area contributed by atoms with E-state index >= 15 is 0 Å². The summed E-state index contributed by atoms with van der Waals surface area (Å²) >= 11 is 5.74. The van der Waals surface area contributed by atoms with Crippen molar-refractivity contribution in [1.82, 2.24) is 5.32 Å². The van der Waals surface area contributed by atoms with Crippen LogP contribution in [0.1, 0.15) is 37.8 Å². The Morgan fingerprint density at radius 1 is 1.19 bits per heavy atom. The summed E-state index contributed by atoms with van der Waals surface area (Å²) in [6, 6.07) is 8.49. The minimum atomic E-state index is 0.598. The molecule has 0 saturated carbocycles. The Bertz CT molecular complexity index is 281. The standard InChI is InChI=1S/C14H22ClN/c1-3-4-12(2)10-16-11-14-7-5-13(9-15)6-8-14/h5-8,12,16H,3-4,9-11H2,1-2H3. The summed E-state index contributed by atoms with van der Waals surface area (Å²) < 4.78 is 0. The second-order valence-electron chi connectivity index (χ2n) is 4.47. The summed E-state index contributed by atoms with van der Waals surface area (Å²) in [7, 11) is 0. The number of nitrogens with one attached hydrogen (secondary N) is 1. The highest BCUT2D eigenvalue weighted by Gasteiger charge is 2.00. The second kappa shape index (κ2) is 7.70. The van der Waals surface area contributed by atoms with E-state index in [4.69, 9.17) is 11.6 Å². The van der Waals surface area contributed by atoms with Gasteiger partial charge < -0.3 is 5.32 Å². The van der Waals surface area contributed by atoms with E-state index in [9.17, 15) is 0 Å². The molecule has 16 heavy (non-hydrogen) atoms. The van der Waals surface area contributed by atoms with Crippen LogP contribution in [0.2, 0.25) is 0 Å². The molecule has 0 fully saturated rings. The first-order valence-electron chi connectivity index (χ1n) is 6.10. The van der Waals surface area contributed by atoms with Gasteiger partial charge >= 0.3 is 0 Å². The van der Waals surface area contributed by atoms with Gasteiger partial charge in [-0.2, -0.15) is 0 Å². The molecule has 1 aromatic rings. The van der Waals surface area contributed by atoms with Crippen molar-refractivity contribution in [2.75, 3.05) is 6.54 Å². The second-order valence-corrected chi connectivity index (χ2v) is 4.74. The van der Waals surface area contributed by atoms with Gasteiger partial charge in [0.1, 0.15) is 0 Å². The Morgan fingerprint density at radius 2 is 1.81 bits per heavy atom. The minimum Gasteiger partial charge on any atom is -0.312 e. The molecule has 0 aromatic heterocycles. The Morgan fingerprint density at radius 3 is 2.38 bits per heavy atom. The third-order valence-electron chi connectivity index (χ3n) is 2.78. The van der Waals surface area contributed by atoms with E-state index in [1.165, 1.54) is 24.0 Å². The molecule has 0 spiro atoms. The van der Waals surface area contributed by atoms with Crippen molar-refractivity contribution in [3.05, 3.63) is 35.4 Å². The molecule has 0 amide bonds. The van der Waals surface area contributed by atoms with Crippen LogP contribution in [0.25, 0.3) is 0 Å². The van der Waals surface area contributed by atoms with Crippen LogP contribution in [0.5, 0.6) is 0 Å². The Labute approximate surface area is 104 Å². The zero-order valence-corrected chi connectivity index (χ0v) is 11.1. The average molecular weight is 240 g/mol. The molecule has 0 aliphatic heterocycles. The van der Waals surface area contributed by atoms with Crippen LogP contribution < -0.4 is 5.32 Å². The third-order valence-corrected chi connectivity index (χ3v) is 3.09. The van der Waals surface area contributed by atoms with Gasteiger partial charge in [-0.25, -0.2) is 0 Å². The highest BCUT2D eigenvalue weighted by atomic mass is 35.5. The molecular formula is C14H22ClN. The lowest BCUT2D eigenvalue weighted by Gasteiger charge is -2.11. The molecule has 0 radical (unpaired) electrons. The van der Waals surface area contributed by atoms with Gasteiger partial charge in [-0.05, 0) is 30.0 Å². The van der Waals surface area contributed by atoms with Gasteiger partial charge in [-0.3, -0.25) is 0 Å². The molecule has 1 unspecified atom stereocenters. The maximum absolute atomic E-state index is 5.74. The van der Waals surface area contributed by atoms with Crippen molar-refractivity contribution in [2.24, 2.45) is 5.92 Å². The SMILES string of the molecule is CCCC(C)CNCc1ccc(CCl)cc1. The van der Waals surface area contributed by atoms with Crippen LogP contribution in [0.3, 0.4) is 0 Å². The summed E-state index contributed by atoms with van der Waals surface area (Å²) in [6.45, 7) is 6.59. The zero-order chi connectivity index (χ0) is 11.8. The van der Waals surface area contributed by atoms with E-state index < -0.39 is 0 Å². The van der Waals surface area contributed by atoms with Crippen molar-refractivity contribution in [3.8, 4) is 0 Å². The molecule has 0 heterocycles. The number of alkyl halides is 1. The molecule has 1 aromatic carbocycles. The number of rotatable bonds is 7. The quantitative estimate of drug-likeness (QED) is 0.711. The molecule has 2 heteroatoms. The average Bonchev–Trinajstić information content (AvgIpc) is 2.30. The van der Waals surface area contributed by atoms with E-state index in [2.05, 4.69) is 43.4 Å². The van der Waals surface area contributed by atoms with Crippen molar-refractivity contribution in [3.63, 3.8) is 0 Å². The molecular weight excluding hydrogens is 218 g/mol. The first-order chi connectivity index (χ1) is 7.76. The van der Waals surface area contributed by atoms with E-state index in [1.54, 1.807) is 0 Å². The fourth-order valence-corrected chi connectivity index (χ4v) is 1.98. The molecule has 0 aliphatic rings. The van der Waals surface area contributed by atoms with Gasteiger partial charge in [0.2, 0.25) is 0 Å². The summed E-state index contributed by atoms with van der Waals surface area (Å²) in [6.07, 6.45) is 2.57. The maximum Gasteiger partial charge on any atom is 0.0474 e. The Balaban J connectivity index is 2.26. The highest BCUT2D eigenvalue weighted by Crippen LogP contribution is 2.07. The predicted molar refractivity (Wildman–Crippen MR) is 71.8 cm³/mol. The first-order valence-corrected chi connectivity index (χ1v) is 6.64. The number of halogens is 1. The lowest BCUT2D eigenvalue weighted by atomic mass is 10.1. The summed E-state index contributed by atoms with van der Waals surface area (Å²) in [4.78, 5) is 0. The van der Waals surface area contributed by atoms with Crippen LogP contribution in [-0.4, -0.2) is 6.54 Å². The van der Waals surface area contributed by atoms with Gasteiger partial charge in [-0.1, -0.05) is 44.5 Å². The van der Waals surface area contributed by atoms with Crippen LogP contribution in [0.15, 0.2) is 24.3 Å². The predicted octanol–water partition coefficient (Wildman–Crippen LogP) is 3.95. The maximum atomic E-state index is 5.74. The first kappa shape index (κ1) is 13.5. The van der Waals surface area contributed by atoms with Gasteiger partial charge in [-0.15, -0.1) is 11.6 Å². The third kappa shape index (κ3) is 5.00.